The Hall–Kier alpha value is -1.97. The third-order valence-corrected chi connectivity index (χ3v) is 3.60. The topological polar surface area (TPSA) is 39.1 Å². The summed E-state index contributed by atoms with van der Waals surface area (Å²) in [6, 6.07) is 8.58. The van der Waals surface area contributed by atoms with Gasteiger partial charge in [-0.05, 0) is 12.0 Å². The molecular weight excluding hydrogens is 250 g/mol. The number of hydrogen-bond acceptors (Lipinski definition) is 3. The summed E-state index contributed by atoms with van der Waals surface area (Å²) in [4.78, 5) is 4.45. The molecular formula is C16H21N3O. The van der Waals surface area contributed by atoms with Crippen molar-refractivity contribution < 1.29 is 4.74 Å². The van der Waals surface area contributed by atoms with Gasteiger partial charge < -0.3 is 14.6 Å². The molecule has 0 fully saturated rings. The summed E-state index contributed by atoms with van der Waals surface area (Å²) in [7, 11) is 0. The van der Waals surface area contributed by atoms with Crippen molar-refractivity contribution in [2.75, 3.05) is 18.5 Å². The Morgan fingerprint density at radius 1 is 1.40 bits per heavy atom. The number of fused-ring (bicyclic) bond motifs is 1. The van der Waals surface area contributed by atoms with Crippen molar-refractivity contribution in [1.29, 1.82) is 0 Å². The number of aromatic nitrogens is 2. The van der Waals surface area contributed by atoms with Gasteiger partial charge in [0.1, 0.15) is 5.75 Å². The molecule has 1 aliphatic rings. The zero-order valence-corrected chi connectivity index (χ0v) is 12.0. The van der Waals surface area contributed by atoms with Crippen LogP contribution in [0.1, 0.15) is 31.9 Å². The number of hydrogen-bond donors (Lipinski definition) is 1. The van der Waals surface area contributed by atoms with Crippen molar-refractivity contribution >= 4 is 5.95 Å². The van der Waals surface area contributed by atoms with E-state index >= 15 is 0 Å². The lowest BCUT2D eigenvalue weighted by Crippen LogP contribution is -2.22. The molecule has 2 aromatic rings. The molecule has 0 saturated carbocycles. The highest BCUT2D eigenvalue weighted by molar-refractivity contribution is 5.40. The van der Waals surface area contributed by atoms with Crippen molar-refractivity contribution in [2.24, 2.45) is 5.92 Å². The Morgan fingerprint density at radius 3 is 3.10 bits per heavy atom. The summed E-state index contributed by atoms with van der Waals surface area (Å²) in [6.45, 7) is 6.08. The average molecular weight is 271 g/mol. The van der Waals surface area contributed by atoms with Crippen molar-refractivity contribution in [1.82, 2.24) is 9.55 Å². The molecule has 20 heavy (non-hydrogen) atoms. The quantitative estimate of drug-likeness (QED) is 0.927. The lowest BCUT2D eigenvalue weighted by molar-refractivity contribution is 0.257. The van der Waals surface area contributed by atoms with Crippen LogP contribution in [0.5, 0.6) is 5.75 Å². The van der Waals surface area contributed by atoms with E-state index in [9.17, 15) is 0 Å². The SMILES string of the molecule is CC(C)CNc1nccn1C1CCOc2ccccc21. The van der Waals surface area contributed by atoms with Gasteiger partial charge >= 0.3 is 0 Å². The molecule has 1 unspecified atom stereocenters. The highest BCUT2D eigenvalue weighted by atomic mass is 16.5. The van der Waals surface area contributed by atoms with Crippen LogP contribution >= 0.6 is 0 Å². The maximum absolute atomic E-state index is 5.74. The van der Waals surface area contributed by atoms with E-state index in [0.29, 0.717) is 12.0 Å². The van der Waals surface area contributed by atoms with Gasteiger partial charge in [-0.25, -0.2) is 4.98 Å². The minimum absolute atomic E-state index is 0.303. The van der Waals surface area contributed by atoms with Gasteiger partial charge in [0.05, 0.1) is 12.6 Å². The minimum atomic E-state index is 0.303. The Bertz CT molecular complexity index is 577. The van der Waals surface area contributed by atoms with Crippen LogP contribution in [0.4, 0.5) is 5.95 Å². The molecule has 3 rings (SSSR count). The van der Waals surface area contributed by atoms with Gasteiger partial charge in [-0.15, -0.1) is 0 Å². The number of nitrogens with one attached hydrogen (secondary N) is 1. The number of nitrogens with zero attached hydrogens (tertiary/aromatic N) is 2. The fourth-order valence-electron chi connectivity index (χ4n) is 2.61. The highest BCUT2D eigenvalue weighted by Crippen LogP contribution is 2.35. The van der Waals surface area contributed by atoms with Crippen LogP contribution in [-0.2, 0) is 0 Å². The van der Waals surface area contributed by atoms with Crippen molar-refractivity contribution in [3.8, 4) is 5.75 Å². The lowest BCUT2D eigenvalue weighted by atomic mass is 10.0. The number of ether oxygens (including phenoxy) is 1. The molecule has 0 bridgehead atoms. The van der Waals surface area contributed by atoms with E-state index in [1.54, 1.807) is 0 Å². The molecule has 0 amide bonds. The molecule has 1 N–H and O–H groups in total. The van der Waals surface area contributed by atoms with E-state index in [1.165, 1.54) is 5.56 Å². The second-order valence-electron chi connectivity index (χ2n) is 5.62. The van der Waals surface area contributed by atoms with Crippen LogP contribution in [0.15, 0.2) is 36.7 Å². The predicted octanol–water partition coefficient (Wildman–Crippen LogP) is 3.32. The first-order valence-corrected chi connectivity index (χ1v) is 7.24. The van der Waals surface area contributed by atoms with Gasteiger partial charge in [-0.1, -0.05) is 32.0 Å². The molecule has 1 aromatic carbocycles. The fourth-order valence-corrected chi connectivity index (χ4v) is 2.61. The Morgan fingerprint density at radius 2 is 2.25 bits per heavy atom. The number of benzene rings is 1. The summed E-state index contributed by atoms with van der Waals surface area (Å²) in [6.07, 6.45) is 4.89. The van der Waals surface area contributed by atoms with Gasteiger partial charge in [-0.3, -0.25) is 0 Å². The molecule has 106 valence electrons. The van der Waals surface area contributed by atoms with Crippen LogP contribution in [0.3, 0.4) is 0 Å². The molecule has 1 atom stereocenters. The zero-order chi connectivity index (χ0) is 13.9. The lowest BCUT2D eigenvalue weighted by Gasteiger charge is -2.28. The number of imidazole rings is 1. The smallest absolute Gasteiger partial charge is 0.203 e. The highest BCUT2D eigenvalue weighted by Gasteiger charge is 2.24. The number of rotatable bonds is 4. The van der Waals surface area contributed by atoms with Gasteiger partial charge in [0.15, 0.2) is 0 Å². The van der Waals surface area contributed by atoms with E-state index in [-0.39, 0.29) is 0 Å². The van der Waals surface area contributed by atoms with E-state index in [0.717, 1.165) is 31.3 Å². The predicted molar refractivity (Wildman–Crippen MR) is 80.2 cm³/mol. The van der Waals surface area contributed by atoms with Crippen LogP contribution in [-0.4, -0.2) is 22.7 Å². The monoisotopic (exact) mass is 271 g/mol. The molecule has 0 spiro atoms. The first kappa shape index (κ1) is 13.0. The molecule has 2 heterocycles. The van der Waals surface area contributed by atoms with Gasteiger partial charge in [-0.2, -0.15) is 0 Å². The van der Waals surface area contributed by atoms with Crippen LogP contribution in [0.25, 0.3) is 0 Å². The fraction of sp³-hybridized carbons (Fsp3) is 0.438. The van der Waals surface area contributed by atoms with Crippen LogP contribution < -0.4 is 10.1 Å². The van der Waals surface area contributed by atoms with Gasteiger partial charge in [0, 0.05) is 30.9 Å². The van der Waals surface area contributed by atoms with Crippen LogP contribution in [0.2, 0.25) is 0 Å². The zero-order valence-electron chi connectivity index (χ0n) is 12.0. The first-order chi connectivity index (χ1) is 9.75. The summed E-state index contributed by atoms with van der Waals surface area (Å²) in [5, 5.41) is 3.43. The largest absolute Gasteiger partial charge is 0.493 e. The normalized spacial score (nSPS) is 17.6. The third-order valence-electron chi connectivity index (χ3n) is 3.60. The molecule has 1 aliphatic heterocycles. The summed E-state index contributed by atoms with van der Waals surface area (Å²) in [5.74, 6) is 2.54. The first-order valence-electron chi connectivity index (χ1n) is 7.24. The van der Waals surface area contributed by atoms with E-state index < -0.39 is 0 Å². The molecule has 1 aromatic heterocycles. The number of para-hydroxylation sites is 1. The van der Waals surface area contributed by atoms with Crippen LogP contribution in [0, 0.1) is 5.92 Å². The maximum atomic E-state index is 5.74. The Balaban J connectivity index is 1.89. The van der Waals surface area contributed by atoms with Crippen molar-refractivity contribution in [3.63, 3.8) is 0 Å². The molecule has 4 heteroatoms. The molecule has 0 radical (unpaired) electrons. The second kappa shape index (κ2) is 5.57. The minimum Gasteiger partial charge on any atom is -0.493 e. The summed E-state index contributed by atoms with van der Waals surface area (Å²) in [5.41, 5.74) is 1.24. The van der Waals surface area contributed by atoms with Gasteiger partial charge in [0.2, 0.25) is 5.95 Å². The van der Waals surface area contributed by atoms with E-state index in [4.69, 9.17) is 4.74 Å². The summed E-state index contributed by atoms with van der Waals surface area (Å²) < 4.78 is 7.96. The maximum Gasteiger partial charge on any atom is 0.203 e. The number of anilines is 1. The molecule has 0 saturated heterocycles. The third kappa shape index (κ3) is 2.50. The molecule has 4 nitrogen and oxygen atoms in total. The second-order valence-corrected chi connectivity index (χ2v) is 5.62. The van der Waals surface area contributed by atoms with Crippen molar-refractivity contribution in [3.05, 3.63) is 42.2 Å². The Kier molecular flexibility index (Phi) is 3.63. The summed E-state index contributed by atoms with van der Waals surface area (Å²) >= 11 is 0. The van der Waals surface area contributed by atoms with Gasteiger partial charge in [0.25, 0.3) is 0 Å². The van der Waals surface area contributed by atoms with Crippen molar-refractivity contribution in [2.45, 2.75) is 26.3 Å². The molecule has 0 aliphatic carbocycles. The van der Waals surface area contributed by atoms with E-state index in [1.807, 2.05) is 18.3 Å². The van der Waals surface area contributed by atoms with E-state index in [2.05, 4.69) is 47.0 Å². The Labute approximate surface area is 119 Å². The standard InChI is InChI=1S/C16H21N3O/c1-12(2)11-18-16-17-8-9-19(16)14-7-10-20-15-6-4-3-5-13(14)15/h3-6,8-9,12,14H,7,10-11H2,1-2H3,(H,17,18). The average Bonchev–Trinajstić information content (AvgIpc) is 2.92.